The number of nitrogens with zero attached hydrogens (tertiary/aromatic N) is 1. The van der Waals surface area contributed by atoms with E-state index in [9.17, 15) is 14.7 Å². The van der Waals surface area contributed by atoms with Crippen LogP contribution in [0.15, 0.2) is 12.1 Å². The number of aliphatic hydroxyl groups excluding tert-OH is 1. The molecule has 1 unspecified atom stereocenters. The fourth-order valence-electron chi connectivity index (χ4n) is 2.38. The predicted molar refractivity (Wildman–Crippen MR) is 85.2 cm³/mol. The molecule has 6 heteroatoms. The van der Waals surface area contributed by atoms with Gasteiger partial charge in [0, 0.05) is 37.4 Å². The molecule has 1 aromatic rings. The summed E-state index contributed by atoms with van der Waals surface area (Å²) in [6, 6.07) is 3.50. The van der Waals surface area contributed by atoms with Crippen LogP contribution in [0.4, 0.5) is 0 Å². The summed E-state index contributed by atoms with van der Waals surface area (Å²) in [5.41, 5.74) is 0. The molecule has 1 aliphatic rings. The van der Waals surface area contributed by atoms with Gasteiger partial charge in [-0.1, -0.05) is 6.92 Å². The highest BCUT2D eigenvalue weighted by molar-refractivity contribution is 7.14. The number of ether oxygens (including phenoxy) is 1. The van der Waals surface area contributed by atoms with Crippen LogP contribution < -0.4 is 0 Å². The second-order valence-corrected chi connectivity index (χ2v) is 6.64. The highest BCUT2D eigenvalue weighted by Crippen LogP contribution is 2.26. The van der Waals surface area contributed by atoms with Crippen LogP contribution in [0, 0.1) is 0 Å². The van der Waals surface area contributed by atoms with E-state index < -0.39 is 6.10 Å². The van der Waals surface area contributed by atoms with Crippen molar-refractivity contribution in [2.75, 3.05) is 26.2 Å². The molecule has 122 valence electrons. The van der Waals surface area contributed by atoms with Gasteiger partial charge >= 0.3 is 5.97 Å². The van der Waals surface area contributed by atoms with Crippen LogP contribution in [0.1, 0.15) is 53.3 Å². The average Bonchev–Trinajstić information content (AvgIpc) is 3.02. The minimum absolute atomic E-state index is 0.320. The summed E-state index contributed by atoms with van der Waals surface area (Å²) in [7, 11) is 0. The molecule has 1 atom stereocenters. The molecule has 22 heavy (non-hydrogen) atoms. The van der Waals surface area contributed by atoms with E-state index in [1.54, 1.807) is 12.1 Å². The van der Waals surface area contributed by atoms with Crippen LogP contribution in [0.5, 0.6) is 0 Å². The summed E-state index contributed by atoms with van der Waals surface area (Å²) in [6.45, 7) is 4.70. The van der Waals surface area contributed by atoms with Crippen molar-refractivity contribution < 1.29 is 19.4 Å². The van der Waals surface area contributed by atoms with Gasteiger partial charge in [-0.15, -0.1) is 11.3 Å². The highest BCUT2D eigenvalue weighted by Gasteiger charge is 2.19. The first-order valence-electron chi connectivity index (χ1n) is 7.79. The quantitative estimate of drug-likeness (QED) is 0.780. The molecule has 1 fully saturated rings. The molecular formula is C16H23NO4S. The number of hydrogen-bond acceptors (Lipinski definition) is 6. The highest BCUT2D eigenvalue weighted by atomic mass is 32.1. The lowest BCUT2D eigenvalue weighted by molar-refractivity contribution is -0.121. The van der Waals surface area contributed by atoms with Gasteiger partial charge in [0.15, 0.2) is 0 Å². The van der Waals surface area contributed by atoms with Gasteiger partial charge in [-0.2, -0.15) is 0 Å². The van der Waals surface area contributed by atoms with E-state index in [0.717, 1.165) is 30.9 Å². The first kappa shape index (κ1) is 17.1. The second-order valence-electron chi connectivity index (χ2n) is 5.52. The van der Waals surface area contributed by atoms with Gasteiger partial charge in [-0.05, 0) is 25.0 Å². The van der Waals surface area contributed by atoms with Crippen LogP contribution in [0.25, 0.3) is 0 Å². The number of ketones is 1. The van der Waals surface area contributed by atoms with E-state index in [-0.39, 0.29) is 5.97 Å². The maximum atomic E-state index is 11.7. The van der Waals surface area contributed by atoms with Crippen LogP contribution >= 0.6 is 11.3 Å². The predicted octanol–water partition coefficient (Wildman–Crippen LogP) is 2.40. The maximum Gasteiger partial charge on any atom is 0.348 e. The van der Waals surface area contributed by atoms with Crippen LogP contribution in [-0.4, -0.2) is 48.0 Å². The largest absolute Gasteiger partial charge is 0.462 e. The molecular weight excluding hydrogens is 302 g/mol. The zero-order valence-corrected chi connectivity index (χ0v) is 13.7. The van der Waals surface area contributed by atoms with Crippen molar-refractivity contribution in [3.05, 3.63) is 21.9 Å². The Bertz CT molecular complexity index is 504. The van der Waals surface area contributed by atoms with Crippen LogP contribution in [-0.2, 0) is 9.53 Å². The molecule has 0 spiro atoms. The van der Waals surface area contributed by atoms with E-state index in [2.05, 4.69) is 4.90 Å². The number of esters is 1. The zero-order valence-electron chi connectivity index (χ0n) is 12.9. The van der Waals surface area contributed by atoms with Crippen molar-refractivity contribution >= 4 is 23.1 Å². The van der Waals surface area contributed by atoms with Gasteiger partial charge < -0.3 is 14.7 Å². The minimum Gasteiger partial charge on any atom is -0.462 e. The summed E-state index contributed by atoms with van der Waals surface area (Å²) >= 11 is 1.29. The fraction of sp³-hybridized carbons (Fsp3) is 0.625. The van der Waals surface area contributed by atoms with Crippen molar-refractivity contribution in [1.29, 1.82) is 0 Å². The smallest absolute Gasteiger partial charge is 0.348 e. The Hall–Kier alpha value is -1.24. The Balaban J connectivity index is 1.80. The number of likely N-dealkylation sites (tertiary alicyclic amines) is 1. The lowest BCUT2D eigenvalue weighted by Gasteiger charge is -2.26. The summed E-state index contributed by atoms with van der Waals surface area (Å²) in [5, 5.41) is 10.2. The molecule has 0 aromatic carbocycles. The SMILES string of the molecule is CCCOC(=O)c1ccc(C(O)CCN2CCC(=O)CC2)s1. The molecule has 0 aliphatic carbocycles. The molecule has 1 N–H and O–H groups in total. The van der Waals surface area contributed by atoms with Crippen LogP contribution in [0.3, 0.4) is 0 Å². The number of piperidine rings is 1. The summed E-state index contributed by atoms with van der Waals surface area (Å²) < 4.78 is 5.09. The van der Waals surface area contributed by atoms with Crippen LogP contribution in [0.2, 0.25) is 0 Å². The van der Waals surface area contributed by atoms with Crippen molar-refractivity contribution in [1.82, 2.24) is 4.90 Å². The molecule has 1 aliphatic heterocycles. The third kappa shape index (κ3) is 4.90. The van der Waals surface area contributed by atoms with Crippen molar-refractivity contribution in [3.63, 3.8) is 0 Å². The van der Waals surface area contributed by atoms with E-state index in [1.807, 2.05) is 6.92 Å². The van der Waals surface area contributed by atoms with Crippen molar-refractivity contribution in [2.45, 2.75) is 38.7 Å². The average molecular weight is 325 g/mol. The third-order valence-corrected chi connectivity index (χ3v) is 4.89. The lowest BCUT2D eigenvalue weighted by atomic mass is 10.1. The van der Waals surface area contributed by atoms with Crippen molar-refractivity contribution in [3.8, 4) is 0 Å². The Morgan fingerprint density at radius 1 is 1.41 bits per heavy atom. The molecule has 0 saturated carbocycles. The van der Waals surface area contributed by atoms with Gasteiger partial charge in [0.2, 0.25) is 0 Å². The molecule has 1 saturated heterocycles. The Morgan fingerprint density at radius 3 is 2.82 bits per heavy atom. The van der Waals surface area contributed by atoms with Gasteiger partial charge in [-0.25, -0.2) is 4.79 Å². The number of rotatable bonds is 7. The molecule has 2 rings (SSSR count). The molecule has 0 amide bonds. The lowest BCUT2D eigenvalue weighted by Crippen LogP contribution is -2.35. The molecule has 2 heterocycles. The van der Waals surface area contributed by atoms with Gasteiger partial charge in [0.05, 0.1) is 12.7 Å². The third-order valence-electron chi connectivity index (χ3n) is 3.73. The molecule has 5 nitrogen and oxygen atoms in total. The Morgan fingerprint density at radius 2 is 2.14 bits per heavy atom. The fourth-order valence-corrected chi connectivity index (χ4v) is 3.30. The van der Waals surface area contributed by atoms with E-state index in [0.29, 0.717) is 36.5 Å². The summed E-state index contributed by atoms with van der Waals surface area (Å²) in [6.07, 6.45) is 2.06. The van der Waals surface area contributed by atoms with Crippen molar-refractivity contribution in [2.24, 2.45) is 0 Å². The Kier molecular flexibility index (Phi) is 6.54. The first-order chi connectivity index (χ1) is 10.6. The normalized spacial score (nSPS) is 17.5. The summed E-state index contributed by atoms with van der Waals surface area (Å²) in [5.74, 6) is 0.00475. The van der Waals surface area contributed by atoms with E-state index in [4.69, 9.17) is 4.74 Å². The van der Waals surface area contributed by atoms with E-state index in [1.165, 1.54) is 11.3 Å². The van der Waals surface area contributed by atoms with Gasteiger partial charge in [0.25, 0.3) is 0 Å². The number of thiophene rings is 1. The number of carbonyl (C=O) groups excluding carboxylic acids is 2. The first-order valence-corrected chi connectivity index (χ1v) is 8.60. The zero-order chi connectivity index (χ0) is 15.9. The molecule has 0 bridgehead atoms. The standard InChI is InChI=1S/C16H23NO4S/c1-2-11-21-16(20)15-4-3-14(22-15)13(19)7-10-17-8-5-12(18)6-9-17/h3-4,13,19H,2,5-11H2,1H3. The summed E-state index contributed by atoms with van der Waals surface area (Å²) in [4.78, 5) is 26.5. The number of carbonyl (C=O) groups is 2. The van der Waals surface area contributed by atoms with E-state index >= 15 is 0 Å². The molecule has 1 aromatic heterocycles. The topological polar surface area (TPSA) is 66.8 Å². The maximum absolute atomic E-state index is 11.7. The second kappa shape index (κ2) is 8.41. The number of aliphatic hydroxyl groups is 1. The minimum atomic E-state index is -0.574. The number of Topliss-reactive ketones (excluding diaryl/α,β-unsaturated/α-hetero) is 1. The van der Waals surface area contributed by atoms with Gasteiger partial charge in [0.1, 0.15) is 10.7 Å². The Labute approximate surface area is 134 Å². The number of hydrogen-bond donors (Lipinski definition) is 1. The van der Waals surface area contributed by atoms with Gasteiger partial charge in [-0.3, -0.25) is 4.79 Å². The monoisotopic (exact) mass is 325 g/mol. The molecule has 0 radical (unpaired) electrons.